The molecule has 4 aromatic carbocycles. The van der Waals surface area contributed by atoms with Gasteiger partial charge in [-0.05, 0) is 79.9 Å². The SMILES string of the molecule is Cc1ccc2c(c1)c1cc3c4cc(C)ccc4n(-c4nccn4C)c3nc1n2-c1cccc(-c2ccccc2C)c1. The highest BCUT2D eigenvalue weighted by molar-refractivity contribution is 6.16. The summed E-state index contributed by atoms with van der Waals surface area (Å²) >= 11 is 0. The molecule has 41 heavy (non-hydrogen) atoms. The van der Waals surface area contributed by atoms with Gasteiger partial charge in [0, 0.05) is 46.7 Å². The molecule has 8 rings (SSSR count). The van der Waals surface area contributed by atoms with Gasteiger partial charge in [0.2, 0.25) is 5.95 Å². The van der Waals surface area contributed by atoms with Gasteiger partial charge in [0.15, 0.2) is 0 Å². The number of nitrogens with zero attached hydrogens (tertiary/aromatic N) is 5. The fourth-order valence-electron chi connectivity index (χ4n) is 6.33. The van der Waals surface area contributed by atoms with E-state index in [-0.39, 0.29) is 0 Å². The van der Waals surface area contributed by atoms with Crippen molar-refractivity contribution in [2.24, 2.45) is 7.05 Å². The lowest BCUT2D eigenvalue weighted by atomic mass is 10.0. The molecule has 5 nitrogen and oxygen atoms in total. The topological polar surface area (TPSA) is 40.6 Å². The van der Waals surface area contributed by atoms with E-state index in [1.807, 2.05) is 19.4 Å². The molecule has 5 heteroatoms. The van der Waals surface area contributed by atoms with Gasteiger partial charge in [0.1, 0.15) is 11.3 Å². The number of rotatable bonds is 3. The Morgan fingerprint density at radius 1 is 0.610 bits per heavy atom. The Labute approximate surface area is 237 Å². The standard InChI is InChI=1S/C36H29N5/c1-22-12-14-32-28(18-22)30-21-31-29-19-23(2)13-15-33(29)41(36-37-16-17-39(36)4)35(31)38-34(30)40(32)26-10-7-9-25(20-26)27-11-6-5-8-24(27)3/h5-21H,1-4H3. The van der Waals surface area contributed by atoms with E-state index in [0.717, 1.165) is 44.7 Å². The van der Waals surface area contributed by atoms with Crippen LogP contribution >= 0.6 is 0 Å². The van der Waals surface area contributed by atoms with Gasteiger partial charge in [-0.15, -0.1) is 0 Å². The van der Waals surface area contributed by atoms with Gasteiger partial charge in [0.05, 0.1) is 11.0 Å². The van der Waals surface area contributed by atoms with Crippen molar-refractivity contribution in [3.63, 3.8) is 0 Å². The third-order valence-electron chi connectivity index (χ3n) is 8.33. The molecule has 0 atom stereocenters. The molecule has 0 saturated heterocycles. The van der Waals surface area contributed by atoms with Crippen LogP contribution in [0.3, 0.4) is 0 Å². The Balaban J connectivity index is 1.51. The fraction of sp³-hybridized carbons (Fsp3) is 0.111. The maximum atomic E-state index is 5.48. The highest BCUT2D eigenvalue weighted by Crippen LogP contribution is 2.38. The Morgan fingerprint density at radius 3 is 1.98 bits per heavy atom. The molecule has 0 N–H and O–H groups in total. The van der Waals surface area contributed by atoms with Crippen LogP contribution in [0.25, 0.3) is 66.6 Å². The summed E-state index contributed by atoms with van der Waals surface area (Å²) in [4.78, 5) is 10.2. The second-order valence-electron chi connectivity index (χ2n) is 11.1. The molecule has 0 radical (unpaired) electrons. The second kappa shape index (κ2) is 8.67. The van der Waals surface area contributed by atoms with Crippen LogP contribution in [0.2, 0.25) is 0 Å². The van der Waals surface area contributed by atoms with Crippen LogP contribution in [0.15, 0.2) is 103 Å². The van der Waals surface area contributed by atoms with Crippen LogP contribution in [0.1, 0.15) is 16.7 Å². The summed E-state index contributed by atoms with van der Waals surface area (Å²) in [5.41, 5.74) is 11.4. The number of pyridine rings is 1. The van der Waals surface area contributed by atoms with Crippen LogP contribution in [-0.2, 0) is 7.05 Å². The molecule has 0 amide bonds. The van der Waals surface area contributed by atoms with E-state index in [1.165, 1.54) is 38.6 Å². The smallest absolute Gasteiger partial charge is 0.215 e. The van der Waals surface area contributed by atoms with Gasteiger partial charge in [-0.1, -0.05) is 59.7 Å². The van der Waals surface area contributed by atoms with E-state index < -0.39 is 0 Å². The summed E-state index contributed by atoms with van der Waals surface area (Å²) in [7, 11) is 2.03. The third kappa shape index (κ3) is 3.48. The largest absolute Gasteiger partial charge is 0.320 e. The Kier molecular flexibility index (Phi) is 5.01. The molecule has 0 bridgehead atoms. The average molecular weight is 532 g/mol. The summed E-state index contributed by atoms with van der Waals surface area (Å²) in [6.07, 6.45) is 3.83. The Hall–Kier alpha value is -5.16. The van der Waals surface area contributed by atoms with Crippen molar-refractivity contribution in [3.05, 3.63) is 120 Å². The number of benzene rings is 4. The van der Waals surface area contributed by atoms with Crippen LogP contribution < -0.4 is 0 Å². The number of hydrogen-bond donors (Lipinski definition) is 0. The highest BCUT2D eigenvalue weighted by atomic mass is 15.2. The molecule has 0 fully saturated rings. The minimum Gasteiger partial charge on any atom is -0.320 e. The van der Waals surface area contributed by atoms with Gasteiger partial charge in [-0.3, -0.25) is 9.13 Å². The summed E-state index contributed by atoms with van der Waals surface area (Å²) in [6, 6.07) is 33.0. The molecule has 0 aliphatic rings. The van der Waals surface area contributed by atoms with E-state index in [0.29, 0.717) is 0 Å². The molecule has 0 saturated carbocycles. The fourth-order valence-corrected chi connectivity index (χ4v) is 6.33. The monoisotopic (exact) mass is 531 g/mol. The average Bonchev–Trinajstić information content (AvgIpc) is 3.63. The molecule has 0 aliphatic carbocycles. The lowest BCUT2D eigenvalue weighted by Crippen LogP contribution is -2.04. The molecule has 4 aromatic heterocycles. The van der Waals surface area contributed by atoms with Crippen molar-refractivity contribution in [1.29, 1.82) is 0 Å². The van der Waals surface area contributed by atoms with E-state index >= 15 is 0 Å². The summed E-state index contributed by atoms with van der Waals surface area (Å²) in [5.74, 6) is 0.848. The maximum absolute atomic E-state index is 5.48. The van der Waals surface area contributed by atoms with Gasteiger partial charge >= 0.3 is 0 Å². The molecular formula is C36H29N5. The summed E-state index contributed by atoms with van der Waals surface area (Å²) in [5, 5.41) is 4.68. The van der Waals surface area contributed by atoms with Crippen LogP contribution in [-0.4, -0.2) is 23.7 Å². The first-order valence-corrected chi connectivity index (χ1v) is 14.0. The zero-order valence-electron chi connectivity index (χ0n) is 23.6. The molecular weight excluding hydrogens is 502 g/mol. The van der Waals surface area contributed by atoms with Crippen molar-refractivity contribution in [3.8, 4) is 22.8 Å². The van der Waals surface area contributed by atoms with Crippen molar-refractivity contribution in [2.45, 2.75) is 20.8 Å². The quantitative estimate of drug-likeness (QED) is 0.229. The molecule has 8 aromatic rings. The molecule has 0 unspecified atom stereocenters. The van der Waals surface area contributed by atoms with Gasteiger partial charge in [-0.25, -0.2) is 9.97 Å². The predicted octanol–water partition coefficient (Wildman–Crippen LogP) is 8.60. The van der Waals surface area contributed by atoms with Crippen molar-refractivity contribution >= 4 is 43.9 Å². The number of imidazole rings is 1. The van der Waals surface area contributed by atoms with Crippen molar-refractivity contribution < 1.29 is 0 Å². The third-order valence-corrected chi connectivity index (χ3v) is 8.33. The van der Waals surface area contributed by atoms with Gasteiger partial charge in [-0.2, -0.15) is 0 Å². The van der Waals surface area contributed by atoms with Crippen LogP contribution in [0.5, 0.6) is 0 Å². The predicted molar refractivity (Wildman–Crippen MR) is 169 cm³/mol. The first-order chi connectivity index (χ1) is 20.0. The Bertz CT molecular complexity index is 2310. The highest BCUT2D eigenvalue weighted by Gasteiger charge is 2.21. The van der Waals surface area contributed by atoms with E-state index in [2.05, 4.69) is 125 Å². The lowest BCUT2D eigenvalue weighted by molar-refractivity contribution is 0.842. The minimum atomic E-state index is 0.848. The van der Waals surface area contributed by atoms with E-state index in [4.69, 9.17) is 9.97 Å². The van der Waals surface area contributed by atoms with Crippen LogP contribution in [0.4, 0.5) is 0 Å². The van der Waals surface area contributed by atoms with Gasteiger partial charge in [0.25, 0.3) is 0 Å². The number of fused-ring (bicyclic) bond motifs is 6. The van der Waals surface area contributed by atoms with Crippen LogP contribution in [0, 0.1) is 20.8 Å². The maximum Gasteiger partial charge on any atom is 0.215 e. The minimum absolute atomic E-state index is 0.848. The first kappa shape index (κ1) is 23.7. The molecule has 4 heterocycles. The normalized spacial score (nSPS) is 11.9. The zero-order chi connectivity index (χ0) is 27.8. The summed E-state index contributed by atoms with van der Waals surface area (Å²) < 4.78 is 6.56. The summed E-state index contributed by atoms with van der Waals surface area (Å²) in [6.45, 7) is 6.47. The lowest BCUT2D eigenvalue weighted by Gasteiger charge is -2.12. The number of aromatic nitrogens is 5. The Morgan fingerprint density at radius 2 is 1.29 bits per heavy atom. The molecule has 0 spiro atoms. The first-order valence-electron chi connectivity index (χ1n) is 14.0. The number of aryl methyl sites for hydroxylation is 4. The number of hydrogen-bond acceptors (Lipinski definition) is 2. The zero-order valence-corrected chi connectivity index (χ0v) is 23.6. The molecule has 198 valence electrons. The van der Waals surface area contributed by atoms with E-state index in [1.54, 1.807) is 0 Å². The van der Waals surface area contributed by atoms with Gasteiger partial charge < -0.3 is 4.57 Å². The second-order valence-corrected chi connectivity index (χ2v) is 11.1. The van der Waals surface area contributed by atoms with E-state index in [9.17, 15) is 0 Å². The molecule has 0 aliphatic heterocycles. The van der Waals surface area contributed by atoms with Crippen molar-refractivity contribution in [2.75, 3.05) is 0 Å². The van der Waals surface area contributed by atoms with Crippen molar-refractivity contribution in [1.82, 2.24) is 23.7 Å².